The van der Waals surface area contributed by atoms with Crippen molar-refractivity contribution in [2.24, 2.45) is 5.41 Å². The van der Waals surface area contributed by atoms with Gasteiger partial charge in [-0.3, -0.25) is 4.79 Å². The van der Waals surface area contributed by atoms with Crippen molar-refractivity contribution in [3.8, 4) is 0 Å². The van der Waals surface area contributed by atoms with E-state index in [1.807, 2.05) is 4.90 Å². The molecular weight excluding hydrogens is 272 g/mol. The van der Waals surface area contributed by atoms with Gasteiger partial charge in [0.2, 0.25) is 0 Å². The van der Waals surface area contributed by atoms with Crippen molar-refractivity contribution in [1.29, 1.82) is 0 Å². The molecule has 1 atom stereocenters. The van der Waals surface area contributed by atoms with E-state index in [1.165, 1.54) is 0 Å². The van der Waals surface area contributed by atoms with Gasteiger partial charge in [-0.2, -0.15) is 0 Å². The molecule has 2 aliphatic rings. The van der Waals surface area contributed by atoms with Crippen molar-refractivity contribution < 1.29 is 19.4 Å². The predicted molar refractivity (Wildman–Crippen MR) is 78.2 cm³/mol. The molecule has 0 saturated carbocycles. The molecule has 0 bridgehead atoms. The molecule has 1 N–H and O–H groups in total. The number of carbonyl (C=O) groups is 2. The normalized spacial score (nSPS) is 25.1. The second kappa shape index (κ2) is 6.64. The Kier molecular flexibility index (Phi) is 5.08. The minimum atomic E-state index is -0.883. The van der Waals surface area contributed by atoms with Crippen molar-refractivity contribution in [1.82, 2.24) is 9.80 Å². The summed E-state index contributed by atoms with van der Waals surface area (Å²) in [4.78, 5) is 27.0. The van der Waals surface area contributed by atoms with Crippen molar-refractivity contribution in [3.63, 3.8) is 0 Å². The van der Waals surface area contributed by atoms with E-state index in [0.29, 0.717) is 19.7 Å². The van der Waals surface area contributed by atoms with Crippen molar-refractivity contribution in [2.45, 2.75) is 45.6 Å². The van der Waals surface area contributed by atoms with Crippen LogP contribution in [0.1, 0.15) is 39.5 Å². The van der Waals surface area contributed by atoms with Gasteiger partial charge < -0.3 is 19.6 Å². The Morgan fingerprint density at radius 1 is 1.24 bits per heavy atom. The summed E-state index contributed by atoms with van der Waals surface area (Å²) in [5.74, 6) is -0.883. The first-order valence-electron chi connectivity index (χ1n) is 7.87. The number of rotatable bonds is 4. The SMILES string of the molecule is CCC1(CC)CCN(C(=O)N2CCOC(CC(=O)O)C2)C1. The molecule has 2 fully saturated rings. The molecule has 2 amide bonds. The molecule has 0 spiro atoms. The fourth-order valence-corrected chi connectivity index (χ4v) is 3.34. The van der Waals surface area contributed by atoms with Crippen LogP contribution in [-0.2, 0) is 9.53 Å². The van der Waals surface area contributed by atoms with Crippen molar-refractivity contribution in [2.75, 3.05) is 32.8 Å². The van der Waals surface area contributed by atoms with Crippen LogP contribution in [-0.4, -0.2) is 65.8 Å². The number of carbonyl (C=O) groups excluding carboxylic acids is 1. The summed E-state index contributed by atoms with van der Waals surface area (Å²) in [7, 11) is 0. The van der Waals surface area contributed by atoms with Crippen molar-refractivity contribution >= 4 is 12.0 Å². The van der Waals surface area contributed by atoms with Gasteiger partial charge in [-0.1, -0.05) is 13.8 Å². The molecule has 0 radical (unpaired) electrons. The molecule has 2 aliphatic heterocycles. The number of morpholine rings is 1. The number of hydrogen-bond acceptors (Lipinski definition) is 3. The maximum atomic E-state index is 12.6. The Labute approximate surface area is 126 Å². The van der Waals surface area contributed by atoms with Gasteiger partial charge in [-0.05, 0) is 24.7 Å². The van der Waals surface area contributed by atoms with Crippen LogP contribution >= 0.6 is 0 Å². The highest BCUT2D eigenvalue weighted by atomic mass is 16.5. The highest BCUT2D eigenvalue weighted by Crippen LogP contribution is 2.37. The number of nitrogens with zero attached hydrogens (tertiary/aromatic N) is 2. The van der Waals surface area contributed by atoms with Gasteiger partial charge in [0.15, 0.2) is 0 Å². The highest BCUT2D eigenvalue weighted by Gasteiger charge is 2.39. The summed E-state index contributed by atoms with van der Waals surface area (Å²) in [5, 5.41) is 8.84. The molecule has 6 heteroatoms. The average Bonchev–Trinajstić information content (AvgIpc) is 2.91. The second-order valence-corrected chi connectivity index (χ2v) is 6.20. The van der Waals surface area contributed by atoms with E-state index in [9.17, 15) is 9.59 Å². The zero-order chi connectivity index (χ0) is 15.5. The molecular formula is C15H26N2O4. The summed E-state index contributed by atoms with van der Waals surface area (Å²) >= 11 is 0. The molecule has 0 aliphatic carbocycles. The minimum absolute atomic E-state index is 0.0393. The molecule has 2 saturated heterocycles. The van der Waals surface area contributed by atoms with Crippen LogP contribution in [0.15, 0.2) is 0 Å². The Balaban J connectivity index is 1.93. The molecule has 0 aromatic carbocycles. The Morgan fingerprint density at radius 2 is 1.95 bits per heavy atom. The van der Waals surface area contributed by atoms with Gasteiger partial charge in [0.1, 0.15) is 0 Å². The van der Waals surface area contributed by atoms with Crippen LogP contribution in [0.5, 0.6) is 0 Å². The van der Waals surface area contributed by atoms with Crippen LogP contribution < -0.4 is 0 Å². The molecule has 1 unspecified atom stereocenters. The monoisotopic (exact) mass is 298 g/mol. The lowest BCUT2D eigenvalue weighted by Crippen LogP contribution is -2.51. The number of aliphatic carboxylic acids is 1. The molecule has 0 aromatic heterocycles. The van der Waals surface area contributed by atoms with E-state index < -0.39 is 5.97 Å². The van der Waals surface area contributed by atoms with Gasteiger partial charge in [0.05, 0.1) is 19.1 Å². The Hall–Kier alpha value is -1.30. The number of carboxylic acids is 1. The molecule has 2 rings (SSSR count). The summed E-state index contributed by atoms with van der Waals surface area (Å²) in [5.41, 5.74) is 0.266. The first-order valence-corrected chi connectivity index (χ1v) is 7.87. The first kappa shape index (κ1) is 16.1. The number of likely N-dealkylation sites (tertiary alicyclic amines) is 1. The Bertz CT molecular complexity index is 395. The highest BCUT2D eigenvalue weighted by molar-refractivity contribution is 5.75. The number of ether oxygens (including phenoxy) is 1. The third kappa shape index (κ3) is 3.67. The van der Waals surface area contributed by atoms with E-state index in [1.54, 1.807) is 4.90 Å². The number of amides is 2. The fourth-order valence-electron chi connectivity index (χ4n) is 3.34. The molecule has 120 valence electrons. The first-order chi connectivity index (χ1) is 9.99. The summed E-state index contributed by atoms with van der Waals surface area (Å²) < 4.78 is 5.42. The minimum Gasteiger partial charge on any atom is -0.481 e. The quantitative estimate of drug-likeness (QED) is 0.859. The zero-order valence-corrected chi connectivity index (χ0v) is 13.0. The van der Waals surface area contributed by atoms with Crippen LogP contribution in [0, 0.1) is 5.41 Å². The summed E-state index contributed by atoms with van der Waals surface area (Å²) in [6, 6.07) is 0.0393. The van der Waals surface area contributed by atoms with Gasteiger partial charge in [0, 0.05) is 26.2 Å². The predicted octanol–water partition coefficient (Wildman–Crippen LogP) is 1.79. The van der Waals surface area contributed by atoms with E-state index in [-0.39, 0.29) is 24.0 Å². The maximum Gasteiger partial charge on any atom is 0.320 e. The molecule has 6 nitrogen and oxygen atoms in total. The van der Waals surface area contributed by atoms with E-state index in [4.69, 9.17) is 9.84 Å². The van der Waals surface area contributed by atoms with E-state index >= 15 is 0 Å². The standard InChI is InChI=1S/C15H26N2O4/c1-3-15(4-2)5-6-17(11-15)14(20)16-7-8-21-12(10-16)9-13(18)19/h12H,3-11H2,1-2H3,(H,18,19). The second-order valence-electron chi connectivity index (χ2n) is 6.20. The van der Waals surface area contributed by atoms with E-state index in [0.717, 1.165) is 32.4 Å². The summed E-state index contributed by atoms with van der Waals surface area (Å²) in [6.07, 6.45) is 2.83. The average molecular weight is 298 g/mol. The topological polar surface area (TPSA) is 70.1 Å². The lowest BCUT2D eigenvalue weighted by Gasteiger charge is -2.35. The van der Waals surface area contributed by atoms with Crippen LogP contribution in [0.4, 0.5) is 4.79 Å². The molecule has 2 heterocycles. The van der Waals surface area contributed by atoms with Gasteiger partial charge >= 0.3 is 12.0 Å². The Morgan fingerprint density at radius 3 is 2.52 bits per heavy atom. The largest absolute Gasteiger partial charge is 0.481 e. The lowest BCUT2D eigenvalue weighted by atomic mass is 9.82. The van der Waals surface area contributed by atoms with E-state index in [2.05, 4.69) is 13.8 Å². The smallest absolute Gasteiger partial charge is 0.320 e. The van der Waals surface area contributed by atoms with Crippen molar-refractivity contribution in [3.05, 3.63) is 0 Å². The summed E-state index contributed by atoms with van der Waals surface area (Å²) in [6.45, 7) is 7.36. The van der Waals surface area contributed by atoms with Gasteiger partial charge in [-0.25, -0.2) is 4.79 Å². The molecule has 0 aromatic rings. The number of carboxylic acid groups (broad SMARTS) is 1. The van der Waals surface area contributed by atoms with Gasteiger partial charge in [0.25, 0.3) is 0 Å². The molecule has 21 heavy (non-hydrogen) atoms. The fraction of sp³-hybridized carbons (Fsp3) is 0.867. The third-order valence-corrected chi connectivity index (χ3v) is 5.02. The van der Waals surface area contributed by atoms with Gasteiger partial charge in [-0.15, -0.1) is 0 Å². The zero-order valence-electron chi connectivity index (χ0n) is 13.0. The number of hydrogen-bond donors (Lipinski definition) is 1. The lowest BCUT2D eigenvalue weighted by molar-refractivity contribution is -0.141. The third-order valence-electron chi connectivity index (χ3n) is 5.02. The van der Waals surface area contributed by atoms with Crippen LogP contribution in [0.2, 0.25) is 0 Å². The van der Waals surface area contributed by atoms with Crippen LogP contribution in [0.3, 0.4) is 0 Å². The van der Waals surface area contributed by atoms with Crippen LogP contribution in [0.25, 0.3) is 0 Å². The maximum absolute atomic E-state index is 12.6. The number of urea groups is 1.